The van der Waals surface area contributed by atoms with Crippen LogP contribution in [0.5, 0.6) is 5.75 Å². The number of nitriles is 1. The van der Waals surface area contributed by atoms with E-state index in [1.807, 2.05) is 19.1 Å². The van der Waals surface area contributed by atoms with Gasteiger partial charge >= 0.3 is 0 Å². The molecule has 1 unspecified atom stereocenters. The molecule has 1 saturated heterocycles. The maximum absolute atomic E-state index is 8.57. The van der Waals surface area contributed by atoms with Gasteiger partial charge in [-0.15, -0.1) is 0 Å². The topological polar surface area (TPSA) is 48.3 Å². The number of rotatable bonds is 6. The molecule has 0 radical (unpaired) electrons. The highest BCUT2D eigenvalue weighted by Crippen LogP contribution is 2.17. The Morgan fingerprint density at radius 3 is 3.21 bits per heavy atom. The van der Waals surface area contributed by atoms with Gasteiger partial charge in [-0.2, -0.15) is 5.26 Å². The van der Waals surface area contributed by atoms with E-state index in [0.29, 0.717) is 19.2 Å². The van der Waals surface area contributed by atoms with E-state index >= 15 is 0 Å². The van der Waals surface area contributed by atoms with Crippen molar-refractivity contribution in [2.45, 2.75) is 25.9 Å². The van der Waals surface area contributed by atoms with Crippen LogP contribution in [0, 0.1) is 11.3 Å². The van der Waals surface area contributed by atoms with E-state index in [0.717, 1.165) is 31.8 Å². The maximum atomic E-state index is 8.57. The minimum atomic E-state index is 0.443. The summed E-state index contributed by atoms with van der Waals surface area (Å²) in [4.78, 5) is 2.42. The highest BCUT2D eigenvalue weighted by molar-refractivity contribution is 5.28. The molecule has 19 heavy (non-hydrogen) atoms. The lowest BCUT2D eigenvalue weighted by Gasteiger charge is -2.16. The predicted molar refractivity (Wildman–Crippen MR) is 74.9 cm³/mol. The summed E-state index contributed by atoms with van der Waals surface area (Å²) >= 11 is 0. The molecule has 4 nitrogen and oxygen atoms in total. The second-order valence-electron chi connectivity index (χ2n) is 4.84. The smallest absolute Gasteiger partial charge is 0.119 e. The van der Waals surface area contributed by atoms with Crippen LogP contribution in [0.15, 0.2) is 24.3 Å². The fraction of sp³-hybridized carbons (Fsp3) is 0.533. The third kappa shape index (κ3) is 4.23. The lowest BCUT2D eigenvalue weighted by Crippen LogP contribution is -2.32. The zero-order chi connectivity index (χ0) is 13.5. The Hall–Kier alpha value is -1.57. The van der Waals surface area contributed by atoms with Crippen LogP contribution in [-0.4, -0.2) is 37.2 Å². The summed E-state index contributed by atoms with van der Waals surface area (Å²) in [7, 11) is 0. The number of hydrogen-bond donors (Lipinski definition) is 1. The van der Waals surface area contributed by atoms with Crippen molar-refractivity contribution in [3.8, 4) is 11.8 Å². The molecule has 1 aromatic rings. The maximum Gasteiger partial charge on any atom is 0.119 e. The SMILES string of the molecule is CCOc1cccc(CN2CCC(NCC#N)C2)c1. The molecule has 0 aromatic heterocycles. The normalized spacial score (nSPS) is 19.3. The van der Waals surface area contributed by atoms with Crippen LogP contribution in [0.3, 0.4) is 0 Å². The largest absolute Gasteiger partial charge is 0.494 e. The van der Waals surface area contributed by atoms with Crippen LogP contribution in [0.1, 0.15) is 18.9 Å². The fourth-order valence-electron chi connectivity index (χ4n) is 2.49. The summed E-state index contributed by atoms with van der Waals surface area (Å²) in [5, 5.41) is 11.8. The first-order chi connectivity index (χ1) is 9.31. The molecule has 1 N–H and O–H groups in total. The second-order valence-corrected chi connectivity index (χ2v) is 4.84. The Balaban J connectivity index is 1.85. The third-order valence-corrected chi connectivity index (χ3v) is 3.36. The van der Waals surface area contributed by atoms with Gasteiger partial charge in [0.1, 0.15) is 5.75 Å². The monoisotopic (exact) mass is 259 g/mol. The highest BCUT2D eigenvalue weighted by atomic mass is 16.5. The van der Waals surface area contributed by atoms with Gasteiger partial charge in [0.15, 0.2) is 0 Å². The summed E-state index contributed by atoms with van der Waals surface area (Å²) < 4.78 is 5.52. The van der Waals surface area contributed by atoms with Crippen LogP contribution in [-0.2, 0) is 6.54 Å². The molecule has 1 atom stereocenters. The Kier molecular flexibility index (Phi) is 5.20. The molecule has 4 heteroatoms. The second kappa shape index (κ2) is 7.13. The Bertz CT molecular complexity index is 441. The molecule has 0 spiro atoms. The van der Waals surface area contributed by atoms with Crippen molar-refractivity contribution in [1.82, 2.24) is 10.2 Å². The fourth-order valence-corrected chi connectivity index (χ4v) is 2.49. The molecular formula is C15H21N3O. The molecule has 1 aromatic carbocycles. The van der Waals surface area contributed by atoms with Gasteiger partial charge in [-0.05, 0) is 31.0 Å². The first kappa shape index (κ1) is 13.9. The number of hydrogen-bond acceptors (Lipinski definition) is 4. The molecule has 2 rings (SSSR count). The zero-order valence-electron chi connectivity index (χ0n) is 11.4. The van der Waals surface area contributed by atoms with Crippen LogP contribution in [0.25, 0.3) is 0 Å². The minimum absolute atomic E-state index is 0.443. The first-order valence-corrected chi connectivity index (χ1v) is 6.86. The average Bonchev–Trinajstić information content (AvgIpc) is 2.85. The van der Waals surface area contributed by atoms with E-state index in [-0.39, 0.29) is 0 Å². The quantitative estimate of drug-likeness (QED) is 0.791. The van der Waals surface area contributed by atoms with E-state index < -0.39 is 0 Å². The van der Waals surface area contributed by atoms with Gasteiger partial charge in [0.25, 0.3) is 0 Å². The lowest BCUT2D eigenvalue weighted by atomic mass is 10.2. The van der Waals surface area contributed by atoms with Gasteiger partial charge in [-0.1, -0.05) is 12.1 Å². The molecule has 1 aliphatic heterocycles. The molecular weight excluding hydrogens is 238 g/mol. The summed E-state index contributed by atoms with van der Waals surface area (Å²) in [6.07, 6.45) is 1.12. The number of likely N-dealkylation sites (tertiary alicyclic amines) is 1. The van der Waals surface area contributed by atoms with Gasteiger partial charge in [0.2, 0.25) is 0 Å². The standard InChI is InChI=1S/C15H21N3O/c1-2-19-15-5-3-4-13(10-15)11-18-9-6-14(12-18)17-8-7-16/h3-5,10,14,17H,2,6,8-9,11-12H2,1H3. The summed E-state index contributed by atoms with van der Waals surface area (Å²) in [5.74, 6) is 0.943. The molecule has 1 fully saturated rings. The van der Waals surface area contributed by atoms with Crippen molar-refractivity contribution in [3.63, 3.8) is 0 Å². The van der Waals surface area contributed by atoms with E-state index in [9.17, 15) is 0 Å². The molecule has 0 amide bonds. The van der Waals surface area contributed by atoms with Crippen molar-refractivity contribution in [3.05, 3.63) is 29.8 Å². The van der Waals surface area contributed by atoms with Crippen molar-refractivity contribution in [2.75, 3.05) is 26.2 Å². The minimum Gasteiger partial charge on any atom is -0.494 e. The zero-order valence-corrected chi connectivity index (χ0v) is 11.4. The molecule has 0 saturated carbocycles. The van der Waals surface area contributed by atoms with Gasteiger partial charge in [0, 0.05) is 25.7 Å². The summed E-state index contributed by atoms with van der Waals surface area (Å²) in [5.41, 5.74) is 1.28. The Morgan fingerprint density at radius 2 is 2.42 bits per heavy atom. The molecule has 1 heterocycles. The summed E-state index contributed by atoms with van der Waals surface area (Å²) in [6, 6.07) is 10.9. The molecule has 102 valence electrons. The first-order valence-electron chi connectivity index (χ1n) is 6.86. The van der Waals surface area contributed by atoms with Crippen molar-refractivity contribution < 1.29 is 4.74 Å². The summed E-state index contributed by atoms with van der Waals surface area (Å²) in [6.45, 7) is 6.19. The van der Waals surface area contributed by atoms with Gasteiger partial charge in [-0.3, -0.25) is 4.90 Å². The van der Waals surface area contributed by atoms with Crippen LogP contribution < -0.4 is 10.1 Å². The van der Waals surface area contributed by atoms with Crippen molar-refractivity contribution in [2.24, 2.45) is 0 Å². The number of nitrogens with one attached hydrogen (secondary N) is 1. The van der Waals surface area contributed by atoms with E-state index in [4.69, 9.17) is 10.00 Å². The van der Waals surface area contributed by atoms with Gasteiger partial charge in [-0.25, -0.2) is 0 Å². The molecule has 0 bridgehead atoms. The molecule has 0 aliphatic carbocycles. The third-order valence-electron chi connectivity index (χ3n) is 3.36. The Morgan fingerprint density at radius 1 is 1.53 bits per heavy atom. The van der Waals surface area contributed by atoms with E-state index in [1.54, 1.807) is 0 Å². The van der Waals surface area contributed by atoms with Crippen molar-refractivity contribution >= 4 is 0 Å². The van der Waals surface area contributed by atoms with Crippen LogP contribution in [0.4, 0.5) is 0 Å². The average molecular weight is 259 g/mol. The predicted octanol–water partition coefficient (Wildman–Crippen LogP) is 1.77. The number of nitrogens with zero attached hydrogens (tertiary/aromatic N) is 2. The van der Waals surface area contributed by atoms with E-state index in [2.05, 4.69) is 28.4 Å². The van der Waals surface area contributed by atoms with Crippen LogP contribution in [0.2, 0.25) is 0 Å². The lowest BCUT2D eigenvalue weighted by molar-refractivity contribution is 0.317. The van der Waals surface area contributed by atoms with Gasteiger partial charge in [0.05, 0.1) is 19.2 Å². The van der Waals surface area contributed by atoms with E-state index in [1.165, 1.54) is 5.56 Å². The number of ether oxygens (including phenoxy) is 1. The van der Waals surface area contributed by atoms with Crippen LogP contribution >= 0.6 is 0 Å². The highest BCUT2D eigenvalue weighted by Gasteiger charge is 2.21. The number of benzene rings is 1. The van der Waals surface area contributed by atoms with Crippen molar-refractivity contribution in [1.29, 1.82) is 5.26 Å². The van der Waals surface area contributed by atoms with Gasteiger partial charge < -0.3 is 10.1 Å². The molecule has 1 aliphatic rings. The Labute approximate surface area is 115 Å².